The fourth-order valence-electron chi connectivity index (χ4n) is 1.54. The summed E-state index contributed by atoms with van der Waals surface area (Å²) in [4.78, 5) is 0. The summed E-state index contributed by atoms with van der Waals surface area (Å²) in [5.74, 6) is 0.922. The minimum absolute atomic E-state index is 0.0824. The van der Waals surface area contributed by atoms with E-state index < -0.39 is 0 Å². The molecule has 90 valence electrons. The highest BCUT2D eigenvalue weighted by Crippen LogP contribution is 2.22. The topological polar surface area (TPSA) is 46.2 Å². The number of aliphatic hydroxyl groups is 1. The van der Waals surface area contributed by atoms with Gasteiger partial charge in [0.15, 0.2) is 0 Å². The average molecular weight is 239 g/mol. The third kappa shape index (κ3) is 3.81. The van der Waals surface area contributed by atoms with Gasteiger partial charge in [-0.3, -0.25) is 0 Å². The molecule has 2 atom stereocenters. The first-order chi connectivity index (χ1) is 7.69. The summed E-state index contributed by atoms with van der Waals surface area (Å²) in [5.41, 5.74) is 8.58. The van der Waals surface area contributed by atoms with Crippen molar-refractivity contribution in [1.82, 2.24) is 0 Å². The molecule has 0 heterocycles. The number of hydrogen-bond acceptors (Lipinski definition) is 3. The summed E-state index contributed by atoms with van der Waals surface area (Å²) in [5, 5.41) is 9.42. The molecule has 0 radical (unpaired) electrons. The number of aliphatic hydroxyl groups excluding tert-OH is 1. The van der Waals surface area contributed by atoms with Crippen LogP contribution in [0.2, 0.25) is 0 Å². The summed E-state index contributed by atoms with van der Waals surface area (Å²) in [6.45, 7) is 4.33. The highest BCUT2D eigenvalue weighted by molar-refractivity contribution is 7.99. The normalized spacial score (nSPS) is 14.8. The Kier molecular flexibility index (Phi) is 5.88. The van der Waals surface area contributed by atoms with Crippen molar-refractivity contribution in [2.45, 2.75) is 37.3 Å². The highest BCUT2D eigenvalue weighted by Gasteiger charge is 2.15. The van der Waals surface area contributed by atoms with Gasteiger partial charge in [-0.15, -0.1) is 11.8 Å². The lowest BCUT2D eigenvalue weighted by atomic mass is 10.1. The molecule has 0 aliphatic carbocycles. The van der Waals surface area contributed by atoms with Crippen molar-refractivity contribution in [3.63, 3.8) is 0 Å². The molecule has 3 N–H and O–H groups in total. The van der Waals surface area contributed by atoms with Gasteiger partial charge < -0.3 is 10.8 Å². The van der Waals surface area contributed by atoms with Crippen LogP contribution in [0.25, 0.3) is 0 Å². The van der Waals surface area contributed by atoms with Gasteiger partial charge in [-0.2, -0.15) is 0 Å². The molecule has 2 nitrogen and oxygen atoms in total. The Morgan fingerprint density at radius 2 is 2.06 bits per heavy atom. The van der Waals surface area contributed by atoms with Crippen LogP contribution in [0.4, 0.5) is 0 Å². The van der Waals surface area contributed by atoms with Crippen LogP contribution < -0.4 is 5.73 Å². The van der Waals surface area contributed by atoms with E-state index in [0.717, 1.165) is 12.2 Å². The number of rotatable bonds is 6. The van der Waals surface area contributed by atoms with E-state index in [0.29, 0.717) is 0 Å². The fourth-order valence-corrected chi connectivity index (χ4v) is 2.81. The van der Waals surface area contributed by atoms with Crippen LogP contribution in [0.1, 0.15) is 24.5 Å². The molecule has 1 rings (SSSR count). The molecule has 0 spiro atoms. The molecular weight excluding hydrogens is 218 g/mol. The molecule has 3 heteroatoms. The smallest absolute Gasteiger partial charge is 0.0565 e. The zero-order chi connectivity index (χ0) is 12.0. The largest absolute Gasteiger partial charge is 0.395 e. The van der Waals surface area contributed by atoms with Crippen molar-refractivity contribution in [2.75, 3.05) is 6.61 Å². The van der Waals surface area contributed by atoms with Crippen molar-refractivity contribution >= 4 is 11.8 Å². The van der Waals surface area contributed by atoms with E-state index in [-0.39, 0.29) is 17.9 Å². The maximum Gasteiger partial charge on any atom is 0.0565 e. The fraction of sp³-hybridized carbons (Fsp3) is 0.538. The van der Waals surface area contributed by atoms with Gasteiger partial charge in [0.05, 0.1) is 6.61 Å². The van der Waals surface area contributed by atoms with Crippen LogP contribution in [-0.4, -0.2) is 23.0 Å². The van der Waals surface area contributed by atoms with Crippen LogP contribution >= 0.6 is 11.8 Å². The summed E-state index contributed by atoms with van der Waals surface area (Å²) < 4.78 is 0. The van der Waals surface area contributed by atoms with Gasteiger partial charge in [-0.25, -0.2) is 0 Å². The highest BCUT2D eigenvalue weighted by atomic mass is 32.2. The van der Waals surface area contributed by atoms with Gasteiger partial charge in [-0.05, 0) is 24.5 Å². The summed E-state index contributed by atoms with van der Waals surface area (Å²) in [6, 6.07) is 8.43. The van der Waals surface area contributed by atoms with Crippen molar-refractivity contribution in [3.8, 4) is 0 Å². The number of hydrogen-bond donors (Lipinski definition) is 2. The second-order valence-electron chi connectivity index (χ2n) is 4.03. The Morgan fingerprint density at radius 1 is 1.38 bits per heavy atom. The third-order valence-electron chi connectivity index (χ3n) is 2.84. The van der Waals surface area contributed by atoms with Crippen LogP contribution in [0, 0.1) is 6.92 Å². The molecule has 16 heavy (non-hydrogen) atoms. The molecule has 2 unspecified atom stereocenters. The SMILES string of the molecule is CCC(N)C(CO)SCc1ccccc1C. The first kappa shape index (κ1) is 13.6. The van der Waals surface area contributed by atoms with Crippen molar-refractivity contribution in [1.29, 1.82) is 0 Å². The molecule has 0 bridgehead atoms. The maximum atomic E-state index is 9.27. The van der Waals surface area contributed by atoms with E-state index >= 15 is 0 Å². The van der Waals surface area contributed by atoms with Crippen LogP contribution in [0.5, 0.6) is 0 Å². The Balaban J connectivity index is 2.53. The van der Waals surface area contributed by atoms with Crippen molar-refractivity contribution < 1.29 is 5.11 Å². The van der Waals surface area contributed by atoms with E-state index in [1.165, 1.54) is 11.1 Å². The molecule has 0 aliphatic rings. The molecule has 1 aromatic carbocycles. The number of nitrogens with two attached hydrogens (primary N) is 1. The Morgan fingerprint density at radius 3 is 2.62 bits per heavy atom. The van der Waals surface area contributed by atoms with Gasteiger partial charge in [0.2, 0.25) is 0 Å². The lowest BCUT2D eigenvalue weighted by Crippen LogP contribution is -2.34. The zero-order valence-corrected chi connectivity index (χ0v) is 10.8. The van der Waals surface area contributed by atoms with E-state index in [1.807, 2.05) is 6.07 Å². The first-order valence-electron chi connectivity index (χ1n) is 5.71. The standard InChI is InChI=1S/C13H21NOS/c1-3-12(14)13(8-15)16-9-11-7-5-4-6-10(11)2/h4-7,12-13,15H,3,8-9,14H2,1-2H3. The van der Waals surface area contributed by atoms with E-state index in [1.54, 1.807) is 11.8 Å². The van der Waals surface area contributed by atoms with Crippen molar-refractivity contribution in [3.05, 3.63) is 35.4 Å². The second-order valence-corrected chi connectivity index (χ2v) is 5.26. The molecule has 0 fully saturated rings. The van der Waals surface area contributed by atoms with Crippen molar-refractivity contribution in [2.24, 2.45) is 5.73 Å². The third-order valence-corrected chi connectivity index (χ3v) is 4.25. The maximum absolute atomic E-state index is 9.27. The number of aryl methyl sites for hydroxylation is 1. The first-order valence-corrected chi connectivity index (χ1v) is 6.76. The molecule has 0 saturated carbocycles. The molecule has 0 aliphatic heterocycles. The van der Waals surface area contributed by atoms with Crippen LogP contribution in [-0.2, 0) is 5.75 Å². The monoisotopic (exact) mass is 239 g/mol. The lowest BCUT2D eigenvalue weighted by molar-refractivity contribution is 0.281. The minimum atomic E-state index is 0.0824. The Bertz CT molecular complexity index is 317. The number of benzene rings is 1. The van der Waals surface area contributed by atoms with E-state index in [4.69, 9.17) is 5.73 Å². The molecule has 0 saturated heterocycles. The summed E-state index contributed by atoms with van der Waals surface area (Å²) in [7, 11) is 0. The van der Waals surface area contributed by atoms with E-state index in [9.17, 15) is 5.11 Å². The zero-order valence-electron chi connectivity index (χ0n) is 10.0. The average Bonchev–Trinajstić information content (AvgIpc) is 2.31. The van der Waals surface area contributed by atoms with Gasteiger partial charge in [0.1, 0.15) is 0 Å². The van der Waals surface area contributed by atoms with Gasteiger partial charge in [0.25, 0.3) is 0 Å². The Labute approximate surface area is 102 Å². The summed E-state index contributed by atoms with van der Waals surface area (Å²) >= 11 is 1.75. The van der Waals surface area contributed by atoms with Gasteiger partial charge in [-0.1, -0.05) is 31.2 Å². The van der Waals surface area contributed by atoms with Gasteiger partial charge >= 0.3 is 0 Å². The van der Waals surface area contributed by atoms with Gasteiger partial charge in [0, 0.05) is 17.0 Å². The quantitative estimate of drug-likeness (QED) is 0.801. The lowest BCUT2D eigenvalue weighted by Gasteiger charge is -2.20. The molecule has 0 aromatic heterocycles. The minimum Gasteiger partial charge on any atom is -0.395 e. The van der Waals surface area contributed by atoms with E-state index in [2.05, 4.69) is 32.0 Å². The Hall–Kier alpha value is -0.510. The van der Waals surface area contributed by atoms with Crippen LogP contribution in [0.3, 0.4) is 0 Å². The molecular formula is C13H21NOS. The molecule has 0 amide bonds. The predicted octanol–water partition coefficient (Wildman–Crippen LogP) is 2.33. The summed E-state index contributed by atoms with van der Waals surface area (Å²) in [6.07, 6.45) is 0.909. The van der Waals surface area contributed by atoms with Crippen LogP contribution in [0.15, 0.2) is 24.3 Å². The number of thioether (sulfide) groups is 1. The predicted molar refractivity (Wildman–Crippen MR) is 71.6 cm³/mol. The second kappa shape index (κ2) is 6.94. The molecule has 1 aromatic rings.